The van der Waals surface area contributed by atoms with Gasteiger partial charge in [0, 0.05) is 10.5 Å². The van der Waals surface area contributed by atoms with Gasteiger partial charge in [0.2, 0.25) is 0 Å². The topological polar surface area (TPSA) is 49.3 Å². The highest BCUT2D eigenvalue weighted by Crippen LogP contribution is 2.18. The third kappa shape index (κ3) is 3.54. The second-order valence-corrected chi connectivity index (χ2v) is 5.44. The monoisotopic (exact) mass is 297 g/mol. The number of aliphatic carboxylic acids is 1. The molecule has 1 aliphatic heterocycles. The molecule has 1 aromatic carbocycles. The lowest BCUT2D eigenvalue weighted by atomic mass is 9.94. The molecule has 2 rings (SSSR count). The van der Waals surface area contributed by atoms with Crippen molar-refractivity contribution in [2.24, 2.45) is 0 Å². The smallest absolute Gasteiger partial charge is 0.320 e. The molecule has 2 N–H and O–H groups in total. The Morgan fingerprint density at radius 3 is 3.00 bits per heavy atom. The molecule has 1 aromatic rings. The quantitative estimate of drug-likeness (QED) is 0.902. The molecule has 3 nitrogen and oxygen atoms in total. The van der Waals surface area contributed by atoms with Crippen LogP contribution in [0.5, 0.6) is 0 Å². The van der Waals surface area contributed by atoms with Crippen LogP contribution in [0.25, 0.3) is 0 Å². The summed E-state index contributed by atoms with van der Waals surface area (Å²) in [5.74, 6) is -0.732. The summed E-state index contributed by atoms with van der Waals surface area (Å²) in [5.41, 5.74) is 1.24. The zero-order valence-electron chi connectivity index (χ0n) is 9.53. The Morgan fingerprint density at radius 2 is 2.29 bits per heavy atom. The Morgan fingerprint density at radius 1 is 1.47 bits per heavy atom. The molecule has 92 valence electrons. The second kappa shape index (κ2) is 5.65. The summed E-state index contributed by atoms with van der Waals surface area (Å²) in [6, 6.07) is 8.08. The van der Waals surface area contributed by atoms with Crippen LogP contribution >= 0.6 is 15.9 Å². The lowest BCUT2D eigenvalue weighted by molar-refractivity contribution is -0.140. The highest BCUT2D eigenvalue weighted by atomic mass is 79.9. The number of benzene rings is 1. The molecule has 0 aliphatic carbocycles. The van der Waals surface area contributed by atoms with Crippen molar-refractivity contribution in [2.45, 2.75) is 37.8 Å². The Bertz CT molecular complexity index is 408. The zero-order valence-corrected chi connectivity index (χ0v) is 11.1. The molecule has 0 saturated carbocycles. The number of hydrogen-bond donors (Lipinski definition) is 2. The van der Waals surface area contributed by atoms with Gasteiger partial charge < -0.3 is 10.4 Å². The number of hydrogen-bond acceptors (Lipinski definition) is 2. The van der Waals surface area contributed by atoms with Crippen LogP contribution in [0.1, 0.15) is 24.8 Å². The van der Waals surface area contributed by atoms with Crippen molar-refractivity contribution in [3.8, 4) is 0 Å². The fraction of sp³-hybridized carbons (Fsp3) is 0.462. The van der Waals surface area contributed by atoms with Gasteiger partial charge in [-0.05, 0) is 43.4 Å². The van der Waals surface area contributed by atoms with Crippen molar-refractivity contribution in [2.75, 3.05) is 0 Å². The van der Waals surface area contributed by atoms with E-state index in [1.165, 1.54) is 5.56 Å². The molecular formula is C13H16BrNO2. The first-order valence-electron chi connectivity index (χ1n) is 5.88. The number of carboxylic acids is 1. The Hall–Kier alpha value is -0.870. The standard InChI is InChI=1S/C13H16BrNO2/c14-10-4-1-3-9(7-10)8-11-5-2-6-12(15-11)13(16)17/h1,3-4,7,11-12,15H,2,5-6,8H2,(H,16,17). The summed E-state index contributed by atoms with van der Waals surface area (Å²) in [6.07, 6.45) is 3.67. The van der Waals surface area contributed by atoms with Crippen LogP contribution in [0.3, 0.4) is 0 Å². The lowest BCUT2D eigenvalue weighted by Gasteiger charge is -2.28. The summed E-state index contributed by atoms with van der Waals surface area (Å²) < 4.78 is 1.07. The van der Waals surface area contributed by atoms with Crippen LogP contribution in [0.2, 0.25) is 0 Å². The van der Waals surface area contributed by atoms with Crippen LogP contribution in [0.4, 0.5) is 0 Å². The molecule has 0 bridgehead atoms. The van der Waals surface area contributed by atoms with Crippen LogP contribution in [-0.2, 0) is 11.2 Å². The molecule has 4 heteroatoms. The Kier molecular flexibility index (Phi) is 4.18. The summed E-state index contributed by atoms with van der Waals surface area (Å²) in [5, 5.41) is 12.2. The molecule has 1 fully saturated rings. The number of carboxylic acid groups (broad SMARTS) is 1. The van der Waals surface area contributed by atoms with E-state index < -0.39 is 5.97 Å². The van der Waals surface area contributed by atoms with E-state index in [1.807, 2.05) is 12.1 Å². The van der Waals surface area contributed by atoms with Crippen molar-refractivity contribution < 1.29 is 9.90 Å². The molecule has 17 heavy (non-hydrogen) atoms. The Labute approximate surface area is 109 Å². The maximum absolute atomic E-state index is 10.9. The Balaban J connectivity index is 1.97. The maximum atomic E-state index is 10.9. The van der Waals surface area contributed by atoms with Gasteiger partial charge in [0.05, 0.1) is 0 Å². The van der Waals surface area contributed by atoms with Gasteiger partial charge in [-0.15, -0.1) is 0 Å². The van der Waals surface area contributed by atoms with E-state index in [1.54, 1.807) is 0 Å². The molecule has 0 radical (unpaired) electrons. The van der Waals surface area contributed by atoms with Crippen molar-refractivity contribution >= 4 is 21.9 Å². The first kappa shape index (κ1) is 12.6. The van der Waals surface area contributed by atoms with Crippen molar-refractivity contribution in [1.29, 1.82) is 0 Å². The van der Waals surface area contributed by atoms with E-state index in [2.05, 4.69) is 33.4 Å². The highest BCUT2D eigenvalue weighted by molar-refractivity contribution is 9.10. The van der Waals surface area contributed by atoms with Crippen LogP contribution < -0.4 is 5.32 Å². The van der Waals surface area contributed by atoms with E-state index in [9.17, 15) is 4.79 Å². The molecule has 1 saturated heterocycles. The van der Waals surface area contributed by atoms with Gasteiger partial charge in [0.1, 0.15) is 6.04 Å². The third-order valence-corrected chi connectivity index (χ3v) is 3.64. The summed E-state index contributed by atoms with van der Waals surface area (Å²) in [4.78, 5) is 10.9. The summed E-state index contributed by atoms with van der Waals surface area (Å²) in [7, 11) is 0. The molecule has 0 amide bonds. The van der Waals surface area contributed by atoms with E-state index >= 15 is 0 Å². The van der Waals surface area contributed by atoms with Gasteiger partial charge in [-0.1, -0.05) is 28.1 Å². The molecule has 2 atom stereocenters. The number of nitrogens with one attached hydrogen (secondary N) is 1. The minimum Gasteiger partial charge on any atom is -0.480 e. The normalized spacial score (nSPS) is 24.5. The van der Waals surface area contributed by atoms with E-state index in [0.29, 0.717) is 0 Å². The number of halogens is 1. The molecule has 2 unspecified atom stereocenters. The van der Waals surface area contributed by atoms with Gasteiger partial charge in [-0.2, -0.15) is 0 Å². The van der Waals surface area contributed by atoms with E-state index in [-0.39, 0.29) is 12.1 Å². The fourth-order valence-corrected chi connectivity index (χ4v) is 2.77. The molecule has 0 aromatic heterocycles. The van der Waals surface area contributed by atoms with Gasteiger partial charge in [-0.25, -0.2) is 0 Å². The third-order valence-electron chi connectivity index (χ3n) is 3.15. The first-order valence-corrected chi connectivity index (χ1v) is 6.68. The zero-order chi connectivity index (χ0) is 12.3. The van der Waals surface area contributed by atoms with Crippen molar-refractivity contribution in [3.05, 3.63) is 34.3 Å². The van der Waals surface area contributed by atoms with Gasteiger partial charge >= 0.3 is 5.97 Å². The SMILES string of the molecule is O=C(O)C1CCCC(Cc2cccc(Br)c2)N1. The summed E-state index contributed by atoms with van der Waals surface area (Å²) in [6.45, 7) is 0. The van der Waals surface area contributed by atoms with Gasteiger partial charge in [-0.3, -0.25) is 4.79 Å². The number of carbonyl (C=O) groups is 1. The minimum absolute atomic E-state index is 0.277. The maximum Gasteiger partial charge on any atom is 0.320 e. The fourth-order valence-electron chi connectivity index (χ4n) is 2.32. The number of rotatable bonds is 3. The molecule has 0 spiro atoms. The molecule has 1 heterocycles. The average molecular weight is 298 g/mol. The predicted octanol–water partition coefficient (Wildman–Crippen LogP) is 2.59. The van der Waals surface area contributed by atoms with E-state index in [4.69, 9.17) is 5.11 Å². The molecule has 1 aliphatic rings. The van der Waals surface area contributed by atoms with Gasteiger partial charge in [0.25, 0.3) is 0 Å². The van der Waals surface area contributed by atoms with E-state index in [0.717, 1.165) is 30.2 Å². The minimum atomic E-state index is -0.732. The second-order valence-electron chi connectivity index (χ2n) is 4.52. The van der Waals surface area contributed by atoms with Gasteiger partial charge in [0.15, 0.2) is 0 Å². The number of piperidine rings is 1. The van der Waals surface area contributed by atoms with Crippen LogP contribution in [-0.4, -0.2) is 23.2 Å². The lowest BCUT2D eigenvalue weighted by Crippen LogP contribution is -2.47. The van der Waals surface area contributed by atoms with Crippen molar-refractivity contribution in [3.63, 3.8) is 0 Å². The predicted molar refractivity (Wildman–Crippen MR) is 70.0 cm³/mol. The average Bonchev–Trinajstić information content (AvgIpc) is 2.29. The first-order chi connectivity index (χ1) is 8.15. The molecular weight excluding hydrogens is 282 g/mol. The van der Waals surface area contributed by atoms with Crippen LogP contribution in [0, 0.1) is 0 Å². The highest BCUT2D eigenvalue weighted by Gasteiger charge is 2.25. The van der Waals surface area contributed by atoms with Crippen molar-refractivity contribution in [1.82, 2.24) is 5.32 Å². The summed E-state index contributed by atoms with van der Waals surface area (Å²) >= 11 is 3.45. The van der Waals surface area contributed by atoms with Crippen LogP contribution in [0.15, 0.2) is 28.7 Å². The largest absolute Gasteiger partial charge is 0.480 e.